The second kappa shape index (κ2) is 2.68. The Morgan fingerprint density at radius 2 is 2.55 bits per heavy atom. The highest BCUT2D eigenvalue weighted by molar-refractivity contribution is 5.23. The molecule has 0 bridgehead atoms. The highest BCUT2D eigenvalue weighted by Crippen LogP contribution is 2.29. The highest BCUT2D eigenvalue weighted by Gasteiger charge is 2.21. The maximum absolute atomic E-state index is 8.76. The van der Waals surface area contributed by atoms with Crippen LogP contribution in [0, 0.1) is 0 Å². The summed E-state index contributed by atoms with van der Waals surface area (Å²) in [6.07, 6.45) is 4.75. The van der Waals surface area contributed by atoms with E-state index in [-0.39, 0.29) is 6.04 Å². The molecule has 0 saturated heterocycles. The van der Waals surface area contributed by atoms with Crippen molar-refractivity contribution in [2.45, 2.75) is 25.3 Å². The number of hydrogen-bond donors (Lipinski definition) is 2. The summed E-state index contributed by atoms with van der Waals surface area (Å²) >= 11 is 0. The average molecular weight is 153 g/mol. The van der Waals surface area contributed by atoms with Crippen LogP contribution in [-0.2, 0) is 6.42 Å². The Hall–Kier alpha value is -0.800. The van der Waals surface area contributed by atoms with Crippen LogP contribution < -0.4 is 5.48 Å². The maximum atomic E-state index is 8.76. The van der Waals surface area contributed by atoms with Crippen LogP contribution in [0.3, 0.4) is 0 Å². The molecule has 1 aliphatic carbocycles. The Morgan fingerprint density at radius 1 is 1.64 bits per heavy atom. The van der Waals surface area contributed by atoms with Gasteiger partial charge in [-0.1, -0.05) is 0 Å². The predicted molar refractivity (Wildman–Crippen MR) is 39.3 cm³/mol. The van der Waals surface area contributed by atoms with Gasteiger partial charge in [0.05, 0.1) is 12.3 Å². The second-order valence-corrected chi connectivity index (χ2v) is 2.87. The lowest BCUT2D eigenvalue weighted by Gasteiger charge is -2.19. The first kappa shape index (κ1) is 6.88. The van der Waals surface area contributed by atoms with E-state index < -0.39 is 0 Å². The van der Waals surface area contributed by atoms with Crippen molar-refractivity contribution in [1.82, 2.24) is 5.48 Å². The first-order valence-electron chi connectivity index (χ1n) is 3.87. The third-order valence-corrected chi connectivity index (χ3v) is 2.21. The Balaban J connectivity index is 2.32. The zero-order chi connectivity index (χ0) is 7.68. The highest BCUT2D eigenvalue weighted by atomic mass is 16.5. The fourth-order valence-electron chi connectivity index (χ4n) is 1.62. The molecule has 60 valence electrons. The normalized spacial score (nSPS) is 23.2. The van der Waals surface area contributed by atoms with Gasteiger partial charge in [0.1, 0.15) is 5.76 Å². The summed E-state index contributed by atoms with van der Waals surface area (Å²) in [5.41, 5.74) is 3.40. The van der Waals surface area contributed by atoms with E-state index in [0.717, 1.165) is 30.6 Å². The molecule has 3 nitrogen and oxygen atoms in total. The van der Waals surface area contributed by atoms with E-state index in [9.17, 15) is 0 Å². The zero-order valence-corrected chi connectivity index (χ0v) is 6.21. The smallest absolute Gasteiger partial charge is 0.108 e. The van der Waals surface area contributed by atoms with E-state index in [0.29, 0.717) is 0 Å². The van der Waals surface area contributed by atoms with Crippen molar-refractivity contribution in [3.8, 4) is 0 Å². The van der Waals surface area contributed by atoms with E-state index in [1.54, 1.807) is 6.26 Å². The molecule has 1 aliphatic rings. The number of furan rings is 1. The fraction of sp³-hybridized carbons (Fsp3) is 0.500. The van der Waals surface area contributed by atoms with Crippen LogP contribution >= 0.6 is 0 Å². The van der Waals surface area contributed by atoms with Crippen LogP contribution in [0.25, 0.3) is 0 Å². The van der Waals surface area contributed by atoms with E-state index >= 15 is 0 Å². The van der Waals surface area contributed by atoms with E-state index in [1.807, 2.05) is 6.07 Å². The molecule has 11 heavy (non-hydrogen) atoms. The average Bonchev–Trinajstić information content (AvgIpc) is 2.50. The summed E-state index contributed by atoms with van der Waals surface area (Å²) in [7, 11) is 0. The largest absolute Gasteiger partial charge is 0.469 e. The number of nitrogens with one attached hydrogen (secondary N) is 1. The van der Waals surface area contributed by atoms with Crippen LogP contribution in [0.15, 0.2) is 16.7 Å². The molecule has 2 rings (SSSR count). The van der Waals surface area contributed by atoms with E-state index in [1.165, 1.54) is 0 Å². The molecule has 0 fully saturated rings. The van der Waals surface area contributed by atoms with Crippen LogP contribution in [0.4, 0.5) is 0 Å². The monoisotopic (exact) mass is 153 g/mol. The molecule has 1 aromatic rings. The molecular weight excluding hydrogens is 142 g/mol. The quantitative estimate of drug-likeness (QED) is 0.603. The topological polar surface area (TPSA) is 45.4 Å². The Kier molecular flexibility index (Phi) is 1.68. The van der Waals surface area contributed by atoms with Gasteiger partial charge in [0.15, 0.2) is 0 Å². The number of rotatable bonds is 1. The summed E-state index contributed by atoms with van der Waals surface area (Å²) in [6.45, 7) is 0. The van der Waals surface area contributed by atoms with Gasteiger partial charge in [-0.25, -0.2) is 0 Å². The Bertz CT molecular complexity index is 244. The van der Waals surface area contributed by atoms with Gasteiger partial charge < -0.3 is 9.62 Å². The zero-order valence-electron chi connectivity index (χ0n) is 6.21. The predicted octanol–water partition coefficient (Wildman–Crippen LogP) is 1.64. The Labute approximate surface area is 65.0 Å². The van der Waals surface area contributed by atoms with Gasteiger partial charge in [-0.05, 0) is 18.9 Å². The fourth-order valence-corrected chi connectivity index (χ4v) is 1.62. The molecule has 0 spiro atoms. The standard InChI is InChI=1S/C8H11NO2/c10-9-7-2-1-3-8-6(7)4-5-11-8/h4-5,7,9-10H,1-3H2. The van der Waals surface area contributed by atoms with Crippen molar-refractivity contribution in [2.24, 2.45) is 0 Å². The number of aryl methyl sites for hydroxylation is 1. The van der Waals surface area contributed by atoms with Gasteiger partial charge in [0, 0.05) is 12.0 Å². The van der Waals surface area contributed by atoms with Crippen LogP contribution in [-0.4, -0.2) is 5.21 Å². The third-order valence-electron chi connectivity index (χ3n) is 2.21. The second-order valence-electron chi connectivity index (χ2n) is 2.87. The van der Waals surface area contributed by atoms with Crippen molar-refractivity contribution >= 4 is 0 Å². The molecular formula is C8H11NO2. The molecule has 2 N–H and O–H groups in total. The van der Waals surface area contributed by atoms with Crippen molar-refractivity contribution in [1.29, 1.82) is 0 Å². The summed E-state index contributed by atoms with van der Waals surface area (Å²) in [5, 5.41) is 8.76. The van der Waals surface area contributed by atoms with Gasteiger partial charge in [-0.3, -0.25) is 0 Å². The minimum atomic E-state index is 0.0810. The molecule has 1 heterocycles. The molecule has 0 saturated carbocycles. The minimum Gasteiger partial charge on any atom is -0.469 e. The van der Waals surface area contributed by atoms with Crippen molar-refractivity contribution < 1.29 is 9.62 Å². The van der Waals surface area contributed by atoms with Gasteiger partial charge in [-0.2, -0.15) is 5.48 Å². The van der Waals surface area contributed by atoms with Crippen molar-refractivity contribution in [3.63, 3.8) is 0 Å². The lowest BCUT2D eigenvalue weighted by Crippen LogP contribution is -2.20. The summed E-state index contributed by atoms with van der Waals surface area (Å²) < 4.78 is 5.24. The third kappa shape index (κ3) is 1.06. The van der Waals surface area contributed by atoms with Crippen molar-refractivity contribution in [3.05, 3.63) is 23.7 Å². The molecule has 0 aromatic carbocycles. The summed E-state index contributed by atoms with van der Waals surface area (Å²) in [6, 6.07) is 2.00. The van der Waals surface area contributed by atoms with Gasteiger partial charge in [0.25, 0.3) is 0 Å². The SMILES string of the molecule is ONC1CCCc2occc21. The van der Waals surface area contributed by atoms with Gasteiger partial charge in [-0.15, -0.1) is 0 Å². The molecule has 0 amide bonds. The minimum absolute atomic E-state index is 0.0810. The first-order chi connectivity index (χ1) is 5.42. The van der Waals surface area contributed by atoms with Gasteiger partial charge >= 0.3 is 0 Å². The van der Waals surface area contributed by atoms with E-state index in [2.05, 4.69) is 5.48 Å². The number of fused-ring (bicyclic) bond motifs is 1. The maximum Gasteiger partial charge on any atom is 0.108 e. The van der Waals surface area contributed by atoms with Crippen LogP contribution in [0.2, 0.25) is 0 Å². The number of hydroxylamine groups is 1. The molecule has 1 unspecified atom stereocenters. The number of hydrogen-bond acceptors (Lipinski definition) is 3. The van der Waals surface area contributed by atoms with E-state index in [4.69, 9.17) is 9.62 Å². The summed E-state index contributed by atoms with van der Waals surface area (Å²) in [5.74, 6) is 1.02. The molecule has 0 radical (unpaired) electrons. The van der Waals surface area contributed by atoms with Gasteiger partial charge in [0.2, 0.25) is 0 Å². The molecule has 3 heteroatoms. The lowest BCUT2D eigenvalue weighted by atomic mass is 9.94. The molecule has 1 atom stereocenters. The lowest BCUT2D eigenvalue weighted by molar-refractivity contribution is 0.116. The van der Waals surface area contributed by atoms with Crippen molar-refractivity contribution in [2.75, 3.05) is 0 Å². The van der Waals surface area contributed by atoms with Crippen LogP contribution in [0.5, 0.6) is 0 Å². The Morgan fingerprint density at radius 3 is 3.36 bits per heavy atom. The molecule has 0 aliphatic heterocycles. The molecule has 1 aromatic heterocycles. The van der Waals surface area contributed by atoms with Crippen LogP contribution in [0.1, 0.15) is 30.2 Å². The first-order valence-corrected chi connectivity index (χ1v) is 3.87. The summed E-state index contributed by atoms with van der Waals surface area (Å²) in [4.78, 5) is 0.